The topological polar surface area (TPSA) is 29.0 Å². The first-order valence-corrected chi connectivity index (χ1v) is 8.23. The number of hydrogen-bond donors (Lipinski definition) is 0. The Kier molecular flexibility index (Phi) is 4.99. The quantitative estimate of drug-likeness (QED) is 0.674. The molecule has 0 fully saturated rings. The molecule has 3 heteroatoms. The number of hydrogen-bond acceptors (Lipinski definition) is 3. The first-order valence-electron chi connectivity index (χ1n) is 8.23. The summed E-state index contributed by atoms with van der Waals surface area (Å²) in [7, 11) is 0. The number of nitrogens with zero attached hydrogens (tertiary/aromatic N) is 3. The molecule has 3 rings (SSSR count). The van der Waals surface area contributed by atoms with Crippen LogP contribution < -0.4 is 0 Å². The average Bonchev–Trinajstić information content (AvgIpc) is 2.61. The molecule has 0 unspecified atom stereocenters. The fourth-order valence-electron chi connectivity index (χ4n) is 2.86. The van der Waals surface area contributed by atoms with Gasteiger partial charge in [0.1, 0.15) is 0 Å². The summed E-state index contributed by atoms with van der Waals surface area (Å²) in [5.41, 5.74) is 3.71. The lowest BCUT2D eigenvalue weighted by atomic mass is 10.1. The van der Waals surface area contributed by atoms with Crippen LogP contribution in [0.5, 0.6) is 0 Å². The van der Waals surface area contributed by atoms with Gasteiger partial charge in [0, 0.05) is 43.1 Å². The summed E-state index contributed by atoms with van der Waals surface area (Å²) in [5.74, 6) is 0. The molecule has 0 bridgehead atoms. The van der Waals surface area contributed by atoms with Gasteiger partial charge in [-0.3, -0.25) is 14.9 Å². The first-order chi connectivity index (χ1) is 11.3. The lowest BCUT2D eigenvalue weighted by Gasteiger charge is -2.29. The largest absolute Gasteiger partial charge is 0.292 e. The van der Waals surface area contributed by atoms with Gasteiger partial charge < -0.3 is 0 Å². The number of aromatic nitrogens is 2. The maximum absolute atomic E-state index is 4.47. The molecule has 0 N–H and O–H groups in total. The van der Waals surface area contributed by atoms with Crippen LogP contribution in [0, 0.1) is 0 Å². The number of fused-ring (bicyclic) bond motifs is 1. The highest BCUT2D eigenvalue weighted by molar-refractivity contribution is 5.81. The van der Waals surface area contributed by atoms with Crippen LogP contribution in [0.3, 0.4) is 0 Å². The van der Waals surface area contributed by atoms with E-state index in [0.717, 1.165) is 25.0 Å². The zero-order chi connectivity index (χ0) is 16.1. The normalized spacial score (nSPS) is 12.7. The lowest BCUT2D eigenvalue weighted by Crippen LogP contribution is -2.31. The van der Waals surface area contributed by atoms with Crippen LogP contribution in [-0.4, -0.2) is 20.9 Å². The summed E-state index contributed by atoms with van der Waals surface area (Å²) in [6.45, 7) is 6.41. The van der Waals surface area contributed by atoms with Crippen molar-refractivity contribution in [3.05, 3.63) is 72.2 Å². The van der Waals surface area contributed by atoms with Gasteiger partial charge in [-0.25, -0.2) is 0 Å². The molecule has 0 aliphatic rings. The van der Waals surface area contributed by atoms with Crippen LogP contribution >= 0.6 is 0 Å². The van der Waals surface area contributed by atoms with Crippen molar-refractivity contribution in [1.82, 2.24) is 14.9 Å². The van der Waals surface area contributed by atoms with E-state index in [4.69, 9.17) is 0 Å². The molecule has 0 aliphatic carbocycles. The minimum absolute atomic E-state index is 0.523. The van der Waals surface area contributed by atoms with Crippen molar-refractivity contribution in [1.29, 1.82) is 0 Å². The second-order valence-corrected chi connectivity index (χ2v) is 6.00. The Hall–Kier alpha value is -2.26. The lowest BCUT2D eigenvalue weighted by molar-refractivity contribution is 0.186. The molecule has 118 valence electrons. The Morgan fingerprint density at radius 3 is 2.52 bits per heavy atom. The summed E-state index contributed by atoms with van der Waals surface area (Å²) in [6.07, 6.45) is 6.78. The van der Waals surface area contributed by atoms with Crippen LogP contribution in [0.25, 0.3) is 10.9 Å². The minimum Gasteiger partial charge on any atom is -0.292 e. The average molecular weight is 305 g/mol. The van der Waals surface area contributed by atoms with Crippen molar-refractivity contribution in [2.45, 2.75) is 39.4 Å². The molecule has 0 aliphatic heterocycles. The summed E-state index contributed by atoms with van der Waals surface area (Å²) in [4.78, 5) is 11.1. The number of rotatable bonds is 6. The molecule has 3 aromatic rings. The molecule has 0 saturated carbocycles. The van der Waals surface area contributed by atoms with Crippen LogP contribution in [0.2, 0.25) is 0 Å². The van der Waals surface area contributed by atoms with Crippen LogP contribution in [-0.2, 0) is 13.1 Å². The molecular formula is C20H23N3. The standard InChI is InChI=1S/C20H23N3/c1-3-16(2)23(14-17-8-11-21-12-9-17)15-18-10-13-22-20-7-5-4-6-19(18)20/h4-13,16H,3,14-15H2,1-2H3/t16-/m1/s1. The second kappa shape index (κ2) is 7.34. The molecule has 0 spiro atoms. The van der Waals surface area contributed by atoms with Gasteiger partial charge in [-0.1, -0.05) is 25.1 Å². The van der Waals surface area contributed by atoms with E-state index < -0.39 is 0 Å². The smallest absolute Gasteiger partial charge is 0.0705 e. The Bertz CT molecular complexity index is 750. The molecular weight excluding hydrogens is 282 g/mol. The predicted octanol–water partition coefficient (Wildman–Crippen LogP) is 4.43. The minimum atomic E-state index is 0.523. The van der Waals surface area contributed by atoms with E-state index in [1.165, 1.54) is 16.5 Å². The van der Waals surface area contributed by atoms with E-state index in [-0.39, 0.29) is 0 Å². The monoisotopic (exact) mass is 305 g/mol. The Balaban J connectivity index is 1.88. The Morgan fingerprint density at radius 2 is 1.74 bits per heavy atom. The first kappa shape index (κ1) is 15.6. The van der Waals surface area contributed by atoms with Crippen molar-refractivity contribution in [3.8, 4) is 0 Å². The SMILES string of the molecule is CC[C@@H](C)N(Cc1ccncc1)Cc1ccnc2ccccc12. The Morgan fingerprint density at radius 1 is 0.957 bits per heavy atom. The summed E-state index contributed by atoms with van der Waals surface area (Å²) < 4.78 is 0. The van der Waals surface area contributed by atoms with Gasteiger partial charge in [-0.15, -0.1) is 0 Å². The van der Waals surface area contributed by atoms with Gasteiger partial charge >= 0.3 is 0 Å². The third-order valence-electron chi connectivity index (χ3n) is 4.46. The molecule has 0 amide bonds. The maximum Gasteiger partial charge on any atom is 0.0705 e. The van der Waals surface area contributed by atoms with Crippen LogP contribution in [0.15, 0.2) is 61.1 Å². The molecule has 1 atom stereocenters. The third-order valence-corrected chi connectivity index (χ3v) is 4.46. The van der Waals surface area contributed by atoms with E-state index in [0.29, 0.717) is 6.04 Å². The summed E-state index contributed by atoms with van der Waals surface area (Å²) >= 11 is 0. The van der Waals surface area contributed by atoms with Crippen molar-refractivity contribution in [2.75, 3.05) is 0 Å². The van der Waals surface area contributed by atoms with E-state index in [1.807, 2.05) is 24.7 Å². The van der Waals surface area contributed by atoms with Gasteiger partial charge in [0.15, 0.2) is 0 Å². The summed E-state index contributed by atoms with van der Waals surface area (Å²) in [6, 6.07) is 15.2. The number of pyridine rings is 2. The molecule has 0 saturated heterocycles. The number of benzene rings is 1. The molecule has 3 nitrogen and oxygen atoms in total. The maximum atomic E-state index is 4.47. The van der Waals surface area contributed by atoms with Crippen molar-refractivity contribution in [3.63, 3.8) is 0 Å². The molecule has 0 radical (unpaired) electrons. The fraction of sp³-hybridized carbons (Fsp3) is 0.300. The zero-order valence-corrected chi connectivity index (χ0v) is 13.8. The number of para-hydroxylation sites is 1. The van der Waals surface area contributed by atoms with Gasteiger partial charge in [0.05, 0.1) is 5.52 Å². The molecule has 2 aromatic heterocycles. The highest BCUT2D eigenvalue weighted by atomic mass is 15.1. The van der Waals surface area contributed by atoms with Crippen molar-refractivity contribution >= 4 is 10.9 Å². The zero-order valence-electron chi connectivity index (χ0n) is 13.8. The third kappa shape index (κ3) is 3.74. The van der Waals surface area contributed by atoms with E-state index in [9.17, 15) is 0 Å². The van der Waals surface area contributed by atoms with Gasteiger partial charge in [0.25, 0.3) is 0 Å². The molecule has 1 aromatic carbocycles. The second-order valence-electron chi connectivity index (χ2n) is 6.00. The van der Waals surface area contributed by atoms with Crippen LogP contribution in [0.1, 0.15) is 31.4 Å². The Labute approximate surface area is 138 Å². The van der Waals surface area contributed by atoms with Crippen molar-refractivity contribution < 1.29 is 0 Å². The van der Waals surface area contributed by atoms with Crippen molar-refractivity contribution in [2.24, 2.45) is 0 Å². The fourth-order valence-corrected chi connectivity index (χ4v) is 2.86. The molecule has 23 heavy (non-hydrogen) atoms. The van der Waals surface area contributed by atoms with Gasteiger partial charge in [-0.2, -0.15) is 0 Å². The highest BCUT2D eigenvalue weighted by Crippen LogP contribution is 2.21. The highest BCUT2D eigenvalue weighted by Gasteiger charge is 2.14. The van der Waals surface area contributed by atoms with Gasteiger partial charge in [-0.05, 0) is 48.7 Å². The van der Waals surface area contributed by atoms with Gasteiger partial charge in [0.2, 0.25) is 0 Å². The summed E-state index contributed by atoms with van der Waals surface area (Å²) in [5, 5.41) is 1.25. The predicted molar refractivity (Wildman–Crippen MR) is 95.0 cm³/mol. The van der Waals surface area contributed by atoms with Crippen LogP contribution in [0.4, 0.5) is 0 Å². The molecule has 2 heterocycles. The van der Waals surface area contributed by atoms with E-state index >= 15 is 0 Å². The van der Waals surface area contributed by atoms with E-state index in [2.05, 4.69) is 65.1 Å². The van der Waals surface area contributed by atoms with E-state index in [1.54, 1.807) is 0 Å².